The molecule has 2 atom stereocenters. The van der Waals surface area contributed by atoms with Gasteiger partial charge >= 0.3 is 0 Å². The summed E-state index contributed by atoms with van der Waals surface area (Å²) in [6, 6.07) is 4.50. The minimum atomic E-state index is -0.791. The molecule has 0 aliphatic carbocycles. The van der Waals surface area contributed by atoms with Crippen LogP contribution < -0.4 is 5.32 Å². The molecule has 0 bridgehead atoms. The lowest BCUT2D eigenvalue weighted by molar-refractivity contribution is 0.421. The first-order chi connectivity index (χ1) is 8.90. The van der Waals surface area contributed by atoms with Crippen molar-refractivity contribution in [2.24, 2.45) is 5.92 Å². The van der Waals surface area contributed by atoms with E-state index in [-0.39, 0.29) is 6.04 Å². The second kappa shape index (κ2) is 7.59. The van der Waals surface area contributed by atoms with Crippen LogP contribution in [0, 0.1) is 17.6 Å². The van der Waals surface area contributed by atoms with Crippen molar-refractivity contribution in [2.75, 3.05) is 0 Å². The van der Waals surface area contributed by atoms with Crippen LogP contribution in [0.1, 0.15) is 58.6 Å². The molecule has 2 unspecified atom stereocenters. The maximum absolute atomic E-state index is 13.2. The smallest absolute Gasteiger partial charge is 0.159 e. The Kier molecular flexibility index (Phi) is 6.43. The zero-order valence-corrected chi connectivity index (χ0v) is 12.3. The van der Waals surface area contributed by atoms with E-state index in [2.05, 4.69) is 26.1 Å². The van der Waals surface area contributed by atoms with Crippen LogP contribution >= 0.6 is 0 Å². The van der Waals surface area contributed by atoms with Crippen LogP contribution in [0.5, 0.6) is 0 Å². The lowest BCUT2D eigenvalue weighted by Gasteiger charge is -2.21. The molecule has 0 saturated carbocycles. The number of hydrogen-bond acceptors (Lipinski definition) is 1. The van der Waals surface area contributed by atoms with E-state index in [0.717, 1.165) is 17.9 Å². The Morgan fingerprint density at radius 3 is 2.26 bits per heavy atom. The van der Waals surface area contributed by atoms with Crippen molar-refractivity contribution in [3.63, 3.8) is 0 Å². The lowest BCUT2D eigenvalue weighted by atomic mass is 10.0. The van der Waals surface area contributed by atoms with Gasteiger partial charge in [0.15, 0.2) is 11.6 Å². The van der Waals surface area contributed by atoms with E-state index in [1.807, 2.05) is 6.92 Å². The Morgan fingerprint density at radius 2 is 1.68 bits per heavy atom. The van der Waals surface area contributed by atoms with Gasteiger partial charge in [-0.15, -0.1) is 0 Å². The normalized spacial score (nSPS) is 14.7. The third kappa shape index (κ3) is 5.68. The van der Waals surface area contributed by atoms with Crippen molar-refractivity contribution < 1.29 is 8.78 Å². The van der Waals surface area contributed by atoms with Gasteiger partial charge in [-0.1, -0.05) is 32.8 Å². The second-order valence-corrected chi connectivity index (χ2v) is 5.79. The lowest BCUT2D eigenvalue weighted by Crippen LogP contribution is -2.29. The molecule has 0 radical (unpaired) electrons. The predicted molar refractivity (Wildman–Crippen MR) is 76.1 cm³/mol. The van der Waals surface area contributed by atoms with Crippen molar-refractivity contribution in [3.05, 3.63) is 35.4 Å². The highest BCUT2D eigenvalue weighted by molar-refractivity contribution is 5.20. The van der Waals surface area contributed by atoms with E-state index < -0.39 is 11.6 Å². The van der Waals surface area contributed by atoms with Crippen molar-refractivity contribution in [1.29, 1.82) is 0 Å². The van der Waals surface area contributed by atoms with Crippen LogP contribution in [0.4, 0.5) is 8.78 Å². The van der Waals surface area contributed by atoms with E-state index in [1.165, 1.54) is 25.0 Å². The number of halogens is 2. The highest BCUT2D eigenvalue weighted by Crippen LogP contribution is 2.17. The highest BCUT2D eigenvalue weighted by Gasteiger charge is 2.11. The quantitative estimate of drug-likeness (QED) is 0.747. The van der Waals surface area contributed by atoms with Gasteiger partial charge in [0.2, 0.25) is 0 Å². The molecule has 1 aromatic rings. The Balaban J connectivity index is 2.44. The molecule has 19 heavy (non-hydrogen) atoms. The minimum absolute atomic E-state index is 0.0316. The summed E-state index contributed by atoms with van der Waals surface area (Å²) in [7, 11) is 0. The summed E-state index contributed by atoms with van der Waals surface area (Å²) in [6.45, 7) is 8.56. The molecule has 0 fully saturated rings. The molecule has 1 N–H and O–H groups in total. The SMILES string of the molecule is CC(C)CCCC(C)NC(C)c1ccc(F)c(F)c1. The Labute approximate surface area is 115 Å². The fourth-order valence-electron chi connectivity index (χ4n) is 2.22. The molecule has 1 nitrogen and oxygen atoms in total. The monoisotopic (exact) mass is 269 g/mol. The largest absolute Gasteiger partial charge is 0.308 e. The van der Waals surface area contributed by atoms with Gasteiger partial charge < -0.3 is 5.32 Å². The van der Waals surface area contributed by atoms with Crippen molar-refractivity contribution in [1.82, 2.24) is 5.32 Å². The molecule has 108 valence electrons. The first-order valence-electron chi connectivity index (χ1n) is 7.11. The second-order valence-electron chi connectivity index (χ2n) is 5.79. The van der Waals surface area contributed by atoms with Crippen molar-refractivity contribution >= 4 is 0 Å². The fraction of sp³-hybridized carbons (Fsp3) is 0.625. The van der Waals surface area contributed by atoms with Crippen LogP contribution in [0.3, 0.4) is 0 Å². The molecular formula is C16H25F2N. The predicted octanol–water partition coefficient (Wildman–Crippen LogP) is 4.83. The Morgan fingerprint density at radius 1 is 1.00 bits per heavy atom. The van der Waals surface area contributed by atoms with E-state index in [1.54, 1.807) is 6.07 Å². The number of nitrogens with one attached hydrogen (secondary N) is 1. The van der Waals surface area contributed by atoms with Crippen LogP contribution in [0.2, 0.25) is 0 Å². The molecule has 0 aromatic heterocycles. The van der Waals surface area contributed by atoms with E-state index in [0.29, 0.717) is 6.04 Å². The van der Waals surface area contributed by atoms with Gasteiger partial charge in [-0.2, -0.15) is 0 Å². The van der Waals surface area contributed by atoms with Gasteiger partial charge in [0.1, 0.15) is 0 Å². The highest BCUT2D eigenvalue weighted by atomic mass is 19.2. The summed E-state index contributed by atoms with van der Waals surface area (Å²) >= 11 is 0. The van der Waals surface area contributed by atoms with Gasteiger partial charge in [-0.3, -0.25) is 0 Å². The first kappa shape index (κ1) is 16.1. The summed E-state index contributed by atoms with van der Waals surface area (Å²) in [6.07, 6.45) is 3.52. The zero-order chi connectivity index (χ0) is 14.4. The zero-order valence-electron chi connectivity index (χ0n) is 12.3. The number of benzene rings is 1. The van der Waals surface area contributed by atoms with Crippen LogP contribution in [0.15, 0.2) is 18.2 Å². The molecule has 1 aromatic carbocycles. The van der Waals surface area contributed by atoms with Crippen molar-refractivity contribution in [2.45, 2.75) is 59.0 Å². The fourth-order valence-corrected chi connectivity index (χ4v) is 2.22. The summed E-state index contributed by atoms with van der Waals surface area (Å²) in [5, 5.41) is 3.43. The van der Waals surface area contributed by atoms with Gasteiger partial charge in [-0.05, 0) is 43.9 Å². The number of rotatable bonds is 7. The minimum Gasteiger partial charge on any atom is -0.308 e. The van der Waals surface area contributed by atoms with Gasteiger partial charge in [0, 0.05) is 12.1 Å². The van der Waals surface area contributed by atoms with E-state index in [9.17, 15) is 8.78 Å². The van der Waals surface area contributed by atoms with E-state index >= 15 is 0 Å². The topological polar surface area (TPSA) is 12.0 Å². The molecular weight excluding hydrogens is 244 g/mol. The molecule has 0 heterocycles. The van der Waals surface area contributed by atoms with Crippen LogP contribution in [0.25, 0.3) is 0 Å². The van der Waals surface area contributed by atoms with E-state index in [4.69, 9.17) is 0 Å². The molecule has 3 heteroatoms. The molecule has 0 amide bonds. The van der Waals surface area contributed by atoms with Gasteiger partial charge in [0.25, 0.3) is 0 Å². The summed E-state index contributed by atoms with van der Waals surface area (Å²) in [5.74, 6) is -0.838. The average Bonchev–Trinajstić information content (AvgIpc) is 2.32. The summed E-state index contributed by atoms with van der Waals surface area (Å²) < 4.78 is 26.0. The molecule has 1 rings (SSSR count). The molecule has 0 spiro atoms. The standard InChI is InChI=1S/C16H25F2N/c1-11(2)6-5-7-12(3)19-13(4)14-8-9-15(17)16(18)10-14/h8-13,19H,5-7H2,1-4H3. The van der Waals surface area contributed by atoms with Crippen LogP contribution in [-0.4, -0.2) is 6.04 Å². The van der Waals surface area contributed by atoms with Gasteiger partial charge in [0.05, 0.1) is 0 Å². The average molecular weight is 269 g/mol. The number of hydrogen-bond donors (Lipinski definition) is 1. The summed E-state index contributed by atoms with van der Waals surface area (Å²) in [4.78, 5) is 0. The maximum Gasteiger partial charge on any atom is 0.159 e. The maximum atomic E-state index is 13.2. The summed E-state index contributed by atoms with van der Waals surface area (Å²) in [5.41, 5.74) is 0.787. The molecule has 0 saturated heterocycles. The van der Waals surface area contributed by atoms with Gasteiger partial charge in [-0.25, -0.2) is 8.78 Å². The van der Waals surface area contributed by atoms with Crippen LogP contribution in [-0.2, 0) is 0 Å². The molecule has 0 aliphatic heterocycles. The first-order valence-corrected chi connectivity index (χ1v) is 7.11. The third-order valence-corrected chi connectivity index (χ3v) is 3.40. The Hall–Kier alpha value is -0.960. The van der Waals surface area contributed by atoms with Crippen molar-refractivity contribution in [3.8, 4) is 0 Å². The third-order valence-electron chi connectivity index (χ3n) is 3.40. The molecule has 0 aliphatic rings. The Bertz CT molecular complexity index is 390.